The molecule has 2 aliphatic heterocycles. The Kier molecular flexibility index (Phi) is 10.2. The molecule has 13 heteroatoms. The molecule has 2 aliphatic rings. The van der Waals surface area contributed by atoms with Crippen molar-refractivity contribution in [1.29, 1.82) is 0 Å². The molecule has 0 aliphatic carbocycles. The van der Waals surface area contributed by atoms with Gasteiger partial charge in [0.05, 0.1) is 0 Å². The molecule has 2 fully saturated rings. The van der Waals surface area contributed by atoms with Crippen LogP contribution in [0.3, 0.4) is 0 Å². The summed E-state index contributed by atoms with van der Waals surface area (Å²) in [6, 6.07) is 7.12. The van der Waals surface area contributed by atoms with Gasteiger partial charge in [0.2, 0.25) is 23.6 Å². The van der Waals surface area contributed by atoms with Crippen LogP contribution in [0.5, 0.6) is 0 Å². The van der Waals surface area contributed by atoms with Gasteiger partial charge in [-0.05, 0) is 50.3 Å². The number of nitrogens with two attached hydrogens (primary N) is 1. The average Bonchev–Trinajstić information content (AvgIpc) is 3.50. The van der Waals surface area contributed by atoms with Gasteiger partial charge in [-0.15, -0.1) is 0 Å². The van der Waals surface area contributed by atoms with Gasteiger partial charge in [-0.3, -0.25) is 14.2 Å². The van der Waals surface area contributed by atoms with Gasteiger partial charge >= 0.3 is 0 Å². The van der Waals surface area contributed by atoms with Gasteiger partial charge in [0.1, 0.15) is 12.2 Å². The number of piperidine rings is 1. The first kappa shape index (κ1) is 31.6. The number of aromatic nitrogens is 5. The number of benzene rings is 1. The standard InChI is InChI=1S/C29H33ClN8O4.C2H6/c1-17-33-26(36-42-17)19-2-3-22(24(30)13-19)23-12-20-15-32-29(34-21-6-10-41-11-7-21)35-27(20)38(28(23)40)16-25(39)37-8-4-18(14-31)5-9-37;1-2/h2-3,12-13,15,18,21H,4-11,14,16,31H2,1H3,(H,32,34,35);1-2H3. The molecule has 0 saturated carbocycles. The highest BCUT2D eigenvalue weighted by atomic mass is 35.5. The lowest BCUT2D eigenvalue weighted by atomic mass is 9.97. The number of aryl methyl sites for hydroxylation is 1. The number of halogens is 1. The minimum atomic E-state index is -0.367. The molecule has 12 nitrogen and oxygen atoms in total. The molecule has 5 heterocycles. The predicted octanol–water partition coefficient (Wildman–Crippen LogP) is 4.28. The van der Waals surface area contributed by atoms with Crippen LogP contribution < -0.4 is 16.6 Å². The summed E-state index contributed by atoms with van der Waals surface area (Å²) >= 11 is 6.71. The molecule has 2 saturated heterocycles. The predicted molar refractivity (Wildman–Crippen MR) is 169 cm³/mol. The number of pyridine rings is 1. The van der Waals surface area contributed by atoms with Crippen molar-refractivity contribution < 1.29 is 14.1 Å². The summed E-state index contributed by atoms with van der Waals surface area (Å²) in [5, 5.41) is 8.27. The molecule has 0 bridgehead atoms. The fourth-order valence-electron chi connectivity index (χ4n) is 5.54. The first-order valence-electron chi connectivity index (χ1n) is 15.2. The van der Waals surface area contributed by atoms with E-state index in [4.69, 9.17) is 31.6 Å². The van der Waals surface area contributed by atoms with Crippen molar-refractivity contribution in [2.75, 3.05) is 38.2 Å². The Morgan fingerprint density at radius 3 is 2.50 bits per heavy atom. The third kappa shape index (κ3) is 6.92. The zero-order valence-electron chi connectivity index (χ0n) is 25.4. The average molecular weight is 623 g/mol. The number of fused-ring (bicyclic) bond motifs is 1. The maximum absolute atomic E-state index is 14.1. The Balaban J connectivity index is 0.00000188. The highest BCUT2D eigenvalue weighted by Gasteiger charge is 2.25. The van der Waals surface area contributed by atoms with Crippen LogP contribution in [0.25, 0.3) is 33.5 Å². The third-order valence-corrected chi connectivity index (χ3v) is 8.33. The van der Waals surface area contributed by atoms with E-state index < -0.39 is 0 Å². The van der Waals surface area contributed by atoms with Crippen molar-refractivity contribution >= 4 is 34.5 Å². The largest absolute Gasteiger partial charge is 0.381 e. The number of likely N-dealkylation sites (tertiary alicyclic amines) is 1. The fraction of sp³-hybridized carbons (Fsp3) is 0.484. The SMILES string of the molecule is CC.Cc1nc(-c2ccc(-c3cc4cnc(NC5CCOCC5)nc4n(CC(=O)N4CCC(CN)CC4)c3=O)c(Cl)c2)no1. The first-order valence-corrected chi connectivity index (χ1v) is 15.6. The lowest BCUT2D eigenvalue weighted by molar-refractivity contribution is -0.133. The highest BCUT2D eigenvalue weighted by Crippen LogP contribution is 2.31. The molecule has 0 atom stereocenters. The maximum atomic E-state index is 14.1. The lowest BCUT2D eigenvalue weighted by Crippen LogP contribution is -2.43. The Morgan fingerprint density at radius 2 is 1.84 bits per heavy atom. The van der Waals surface area contributed by atoms with E-state index >= 15 is 0 Å². The number of carbonyl (C=O) groups excluding carboxylic acids is 1. The molecular formula is C31H39ClN8O4. The van der Waals surface area contributed by atoms with Crippen LogP contribution in [0.4, 0.5) is 5.95 Å². The third-order valence-electron chi connectivity index (χ3n) is 8.02. The first-order chi connectivity index (χ1) is 21.4. The van der Waals surface area contributed by atoms with Gasteiger partial charge in [-0.25, -0.2) is 4.98 Å². The van der Waals surface area contributed by atoms with Crippen LogP contribution >= 0.6 is 11.6 Å². The number of anilines is 1. The monoisotopic (exact) mass is 622 g/mol. The van der Waals surface area contributed by atoms with E-state index in [1.165, 1.54) is 4.57 Å². The molecule has 1 aromatic carbocycles. The molecule has 0 spiro atoms. The molecule has 44 heavy (non-hydrogen) atoms. The zero-order chi connectivity index (χ0) is 31.2. The second kappa shape index (κ2) is 14.3. The molecular weight excluding hydrogens is 584 g/mol. The van der Waals surface area contributed by atoms with Gasteiger partial charge in [-0.1, -0.05) is 42.7 Å². The minimum absolute atomic E-state index is 0.141. The number of carbonyl (C=O) groups is 1. The summed E-state index contributed by atoms with van der Waals surface area (Å²) < 4.78 is 12.0. The lowest BCUT2D eigenvalue weighted by Gasteiger charge is -2.31. The van der Waals surface area contributed by atoms with Gasteiger partial charge in [0.25, 0.3) is 5.56 Å². The summed E-state index contributed by atoms with van der Waals surface area (Å²) in [6.07, 6.45) is 5.04. The number of amides is 1. The summed E-state index contributed by atoms with van der Waals surface area (Å²) in [5.41, 5.74) is 7.37. The van der Waals surface area contributed by atoms with Crippen LogP contribution in [0.1, 0.15) is 45.4 Å². The van der Waals surface area contributed by atoms with Crippen LogP contribution in [-0.2, 0) is 16.1 Å². The second-order valence-corrected chi connectivity index (χ2v) is 11.3. The number of nitrogens with one attached hydrogen (secondary N) is 1. The van der Waals surface area contributed by atoms with E-state index in [0.29, 0.717) is 89.2 Å². The summed E-state index contributed by atoms with van der Waals surface area (Å²) in [6.45, 7) is 8.73. The summed E-state index contributed by atoms with van der Waals surface area (Å²) in [5.74, 6) is 1.51. The quantitative estimate of drug-likeness (QED) is 0.305. The Bertz CT molecular complexity index is 1660. The molecule has 3 N–H and O–H groups in total. The van der Waals surface area contributed by atoms with Gasteiger partial charge < -0.3 is 25.2 Å². The molecule has 6 rings (SSSR count). The number of nitrogens with zero attached hydrogens (tertiary/aromatic N) is 6. The molecule has 3 aromatic heterocycles. The fourth-order valence-corrected chi connectivity index (χ4v) is 5.82. The van der Waals surface area contributed by atoms with Gasteiger partial charge in [0, 0.05) is 72.6 Å². The number of rotatable bonds is 7. The Morgan fingerprint density at radius 1 is 1.09 bits per heavy atom. The molecule has 0 radical (unpaired) electrons. The highest BCUT2D eigenvalue weighted by molar-refractivity contribution is 6.33. The van der Waals surface area contributed by atoms with Crippen molar-refractivity contribution in [3.8, 4) is 22.5 Å². The van der Waals surface area contributed by atoms with E-state index in [2.05, 4.69) is 20.4 Å². The van der Waals surface area contributed by atoms with E-state index in [9.17, 15) is 9.59 Å². The van der Waals surface area contributed by atoms with Gasteiger partial charge in [0.15, 0.2) is 0 Å². The molecule has 0 unspecified atom stereocenters. The summed E-state index contributed by atoms with van der Waals surface area (Å²) in [7, 11) is 0. The Hall–Kier alpha value is -3.87. The van der Waals surface area contributed by atoms with E-state index in [0.717, 1.165) is 25.7 Å². The topological polar surface area (TPSA) is 154 Å². The molecule has 1 amide bonds. The number of hydrogen-bond acceptors (Lipinski definition) is 10. The minimum Gasteiger partial charge on any atom is -0.381 e. The van der Waals surface area contributed by atoms with Crippen molar-refractivity contribution in [3.63, 3.8) is 0 Å². The molecule has 4 aromatic rings. The maximum Gasteiger partial charge on any atom is 0.260 e. The van der Waals surface area contributed by atoms with Crippen LogP contribution in [0.15, 0.2) is 39.8 Å². The van der Waals surface area contributed by atoms with Crippen molar-refractivity contribution in [2.45, 2.75) is 59.0 Å². The second-order valence-electron chi connectivity index (χ2n) is 10.8. The van der Waals surface area contributed by atoms with Crippen LogP contribution in [0, 0.1) is 12.8 Å². The van der Waals surface area contributed by atoms with Gasteiger partial charge in [-0.2, -0.15) is 9.97 Å². The summed E-state index contributed by atoms with van der Waals surface area (Å²) in [4.78, 5) is 42.9. The van der Waals surface area contributed by atoms with Crippen molar-refractivity contribution in [1.82, 2.24) is 29.6 Å². The normalized spacial score (nSPS) is 16.1. The van der Waals surface area contributed by atoms with E-state index in [1.54, 1.807) is 42.3 Å². The smallest absolute Gasteiger partial charge is 0.260 e. The van der Waals surface area contributed by atoms with Crippen LogP contribution in [0.2, 0.25) is 5.02 Å². The Labute approximate surface area is 261 Å². The van der Waals surface area contributed by atoms with Crippen LogP contribution in [-0.4, -0.2) is 74.4 Å². The van der Waals surface area contributed by atoms with E-state index in [1.807, 2.05) is 13.8 Å². The van der Waals surface area contributed by atoms with Crippen molar-refractivity contribution in [3.05, 3.63) is 51.7 Å². The van der Waals surface area contributed by atoms with E-state index in [-0.39, 0.29) is 24.1 Å². The van der Waals surface area contributed by atoms with Crippen molar-refractivity contribution in [2.24, 2.45) is 11.7 Å². The zero-order valence-corrected chi connectivity index (χ0v) is 26.1. The number of hydrogen-bond donors (Lipinski definition) is 2. The molecule has 234 valence electrons. The number of ether oxygens (including phenoxy) is 1.